The van der Waals surface area contributed by atoms with Crippen LogP contribution in [-0.4, -0.2) is 45.4 Å². The number of nitrogens with zero attached hydrogens (tertiary/aromatic N) is 1. The minimum absolute atomic E-state index is 0.0460. The summed E-state index contributed by atoms with van der Waals surface area (Å²) in [6.07, 6.45) is 1.87. The van der Waals surface area contributed by atoms with Gasteiger partial charge < -0.3 is 10.4 Å². The highest BCUT2D eigenvalue weighted by Crippen LogP contribution is 2.57. The summed E-state index contributed by atoms with van der Waals surface area (Å²) in [5.41, 5.74) is 0.222. The Bertz CT molecular complexity index is 1430. The standard InChI is InChI=1S/C24H28ClN3O6S2/c1-23(2,25)11-12-24(3)16-8-6-5-7-15(16)20(29)19(21(24)30)22-26-17-10-9-14(27-35(4,31)32)13-18(17)36(33,34)28-22/h5-10,13,27,29,33-34H,11-12H2,1-4H3,(H,26,28). The molecule has 1 aliphatic carbocycles. The van der Waals surface area contributed by atoms with Crippen LogP contribution >= 0.6 is 22.4 Å². The minimum Gasteiger partial charge on any atom is -0.506 e. The molecule has 0 bridgehead atoms. The first-order valence-corrected chi connectivity index (χ1v) is 14.8. The van der Waals surface area contributed by atoms with Crippen LogP contribution < -0.4 is 10.0 Å². The number of hydrogen-bond donors (Lipinski definition) is 5. The van der Waals surface area contributed by atoms with E-state index in [2.05, 4.69) is 14.4 Å². The van der Waals surface area contributed by atoms with E-state index in [0.29, 0.717) is 24.0 Å². The normalized spacial score (nSPS) is 22.2. The number of aliphatic hydroxyl groups is 1. The number of ketones is 1. The predicted molar refractivity (Wildman–Crippen MR) is 145 cm³/mol. The summed E-state index contributed by atoms with van der Waals surface area (Å²) in [5.74, 6) is -0.932. The number of nitrogens with one attached hydrogen (secondary N) is 2. The Morgan fingerprint density at radius 3 is 2.50 bits per heavy atom. The summed E-state index contributed by atoms with van der Waals surface area (Å²) >= 11 is 6.44. The Morgan fingerprint density at radius 2 is 1.86 bits per heavy atom. The number of anilines is 2. The highest BCUT2D eigenvalue weighted by Gasteiger charge is 2.47. The maximum absolute atomic E-state index is 14.0. The Hall–Kier alpha value is -2.57. The molecule has 12 heteroatoms. The molecule has 4 rings (SSSR count). The zero-order chi connectivity index (χ0) is 26.7. The van der Waals surface area contributed by atoms with Gasteiger partial charge in [0.15, 0.2) is 11.6 Å². The van der Waals surface area contributed by atoms with Crippen molar-refractivity contribution >= 4 is 61.2 Å². The third-order valence-corrected chi connectivity index (χ3v) is 8.41. The number of rotatable bonds is 6. The van der Waals surface area contributed by atoms with Crippen LogP contribution in [0.5, 0.6) is 0 Å². The molecule has 0 amide bonds. The van der Waals surface area contributed by atoms with Crippen molar-refractivity contribution in [3.05, 3.63) is 59.2 Å². The first-order valence-electron chi connectivity index (χ1n) is 11.1. The summed E-state index contributed by atoms with van der Waals surface area (Å²) in [4.78, 5) is 13.4. The Labute approximate surface area is 216 Å². The van der Waals surface area contributed by atoms with E-state index >= 15 is 0 Å². The SMILES string of the molecule is CC(C)(Cl)CCC1(C)C(=O)C(C2=NS(O)(O)c3cc(NS(C)(=O)=O)ccc3N2)=C(O)c2ccccc21. The first kappa shape index (κ1) is 26.5. The average Bonchev–Trinajstić information content (AvgIpc) is 2.75. The molecule has 194 valence electrons. The first-order chi connectivity index (χ1) is 16.5. The second-order valence-corrected chi connectivity index (χ2v) is 14.2. The van der Waals surface area contributed by atoms with E-state index in [1.165, 1.54) is 18.2 Å². The summed E-state index contributed by atoms with van der Waals surface area (Å²) in [7, 11) is -7.44. The third kappa shape index (κ3) is 4.98. The van der Waals surface area contributed by atoms with Crippen LogP contribution in [0.25, 0.3) is 5.76 Å². The average molecular weight is 554 g/mol. The van der Waals surface area contributed by atoms with Crippen LogP contribution in [-0.2, 0) is 20.2 Å². The largest absolute Gasteiger partial charge is 0.506 e. The van der Waals surface area contributed by atoms with Gasteiger partial charge in [0, 0.05) is 10.4 Å². The summed E-state index contributed by atoms with van der Waals surface area (Å²) in [6.45, 7) is 5.50. The number of Topliss-reactive ketones (excluding diaryl/α,β-unsaturated/α-hetero) is 1. The fraction of sp³-hybridized carbons (Fsp3) is 0.333. The lowest BCUT2D eigenvalue weighted by Gasteiger charge is -2.39. The van der Waals surface area contributed by atoms with Gasteiger partial charge in [0.25, 0.3) is 0 Å². The predicted octanol–water partition coefficient (Wildman–Crippen LogP) is 5.51. The number of halogens is 1. The summed E-state index contributed by atoms with van der Waals surface area (Å²) in [5, 5.41) is 14.1. The van der Waals surface area contributed by atoms with Gasteiger partial charge >= 0.3 is 0 Å². The van der Waals surface area contributed by atoms with Crippen molar-refractivity contribution in [2.75, 3.05) is 16.3 Å². The molecule has 0 radical (unpaired) electrons. The lowest BCUT2D eigenvalue weighted by molar-refractivity contribution is -0.120. The van der Waals surface area contributed by atoms with Gasteiger partial charge in [-0.2, -0.15) is 0 Å². The summed E-state index contributed by atoms with van der Waals surface area (Å²) < 4.78 is 51.2. The van der Waals surface area contributed by atoms with Gasteiger partial charge in [-0.1, -0.05) is 35.0 Å². The van der Waals surface area contributed by atoms with Gasteiger partial charge in [0.1, 0.15) is 16.2 Å². The van der Waals surface area contributed by atoms with Crippen LogP contribution in [0.2, 0.25) is 0 Å². The number of hydrogen-bond acceptors (Lipinski definition) is 8. The van der Waals surface area contributed by atoms with Crippen LogP contribution in [0.15, 0.2) is 57.3 Å². The van der Waals surface area contributed by atoms with E-state index in [4.69, 9.17) is 11.6 Å². The molecule has 1 unspecified atom stereocenters. The molecule has 2 aliphatic rings. The molecule has 2 aromatic carbocycles. The Balaban J connectivity index is 1.82. The Kier molecular flexibility index (Phi) is 6.46. The van der Waals surface area contributed by atoms with Crippen molar-refractivity contribution < 1.29 is 27.4 Å². The van der Waals surface area contributed by atoms with E-state index in [1.807, 2.05) is 13.8 Å². The number of amidine groups is 1. The minimum atomic E-state index is -3.84. The van der Waals surface area contributed by atoms with Crippen LogP contribution in [0.4, 0.5) is 11.4 Å². The molecule has 0 spiro atoms. The number of fused-ring (bicyclic) bond motifs is 2. The molecule has 1 atom stereocenters. The van der Waals surface area contributed by atoms with Crippen LogP contribution in [0.1, 0.15) is 44.7 Å². The van der Waals surface area contributed by atoms with E-state index in [0.717, 1.165) is 6.26 Å². The van der Waals surface area contributed by atoms with E-state index < -0.39 is 36.9 Å². The topological polar surface area (TPSA) is 148 Å². The molecule has 0 saturated carbocycles. The second-order valence-electron chi connectivity index (χ2n) is 9.82. The number of alkyl halides is 1. The van der Waals surface area contributed by atoms with Gasteiger partial charge in [-0.15, -0.1) is 16.0 Å². The quantitative estimate of drug-likeness (QED) is 0.296. The maximum atomic E-state index is 14.0. The van der Waals surface area contributed by atoms with Gasteiger partial charge in [-0.25, -0.2) is 8.42 Å². The number of sulfonamides is 1. The van der Waals surface area contributed by atoms with Crippen LogP contribution in [0.3, 0.4) is 0 Å². The highest BCUT2D eigenvalue weighted by atomic mass is 35.5. The number of carbonyl (C=O) groups excluding carboxylic acids is 1. The smallest absolute Gasteiger partial charge is 0.229 e. The van der Waals surface area contributed by atoms with Crippen molar-refractivity contribution in [1.82, 2.24) is 0 Å². The van der Waals surface area contributed by atoms with E-state index in [1.54, 1.807) is 31.2 Å². The fourth-order valence-electron chi connectivity index (χ4n) is 4.39. The molecule has 1 heterocycles. The molecule has 36 heavy (non-hydrogen) atoms. The molecule has 1 aliphatic heterocycles. The monoisotopic (exact) mass is 553 g/mol. The molecule has 0 aromatic heterocycles. The van der Waals surface area contributed by atoms with E-state index in [9.17, 15) is 27.4 Å². The van der Waals surface area contributed by atoms with E-state index in [-0.39, 0.29) is 33.4 Å². The third-order valence-electron chi connectivity index (χ3n) is 6.25. The molecule has 5 N–H and O–H groups in total. The zero-order valence-corrected chi connectivity index (χ0v) is 22.6. The molecule has 9 nitrogen and oxygen atoms in total. The second kappa shape index (κ2) is 8.77. The van der Waals surface area contributed by atoms with Gasteiger partial charge in [-0.3, -0.25) is 18.6 Å². The summed E-state index contributed by atoms with van der Waals surface area (Å²) in [6, 6.07) is 11.2. The molecule has 0 fully saturated rings. The van der Waals surface area contributed by atoms with Gasteiger partial charge in [0.05, 0.1) is 23.0 Å². The zero-order valence-electron chi connectivity index (χ0n) is 20.2. The highest BCUT2D eigenvalue weighted by molar-refractivity contribution is 8.23. The van der Waals surface area contributed by atoms with Gasteiger partial charge in [-0.05, 0) is 57.4 Å². The number of aliphatic hydroxyl groups excluding tert-OH is 1. The van der Waals surface area contributed by atoms with Crippen molar-refractivity contribution in [3.8, 4) is 0 Å². The van der Waals surface area contributed by atoms with Crippen molar-refractivity contribution in [2.24, 2.45) is 4.40 Å². The molecule has 0 saturated heterocycles. The fourth-order valence-corrected chi connectivity index (χ4v) is 6.23. The molecular weight excluding hydrogens is 526 g/mol. The number of carbonyl (C=O) groups is 1. The molecular formula is C24H28ClN3O6S2. The number of benzene rings is 2. The Morgan fingerprint density at radius 1 is 1.19 bits per heavy atom. The lowest BCUT2D eigenvalue weighted by atomic mass is 9.66. The lowest BCUT2D eigenvalue weighted by Crippen LogP contribution is -2.42. The van der Waals surface area contributed by atoms with Crippen LogP contribution in [0, 0.1) is 0 Å². The molecule has 2 aromatic rings. The van der Waals surface area contributed by atoms with Crippen molar-refractivity contribution in [1.29, 1.82) is 0 Å². The van der Waals surface area contributed by atoms with Crippen molar-refractivity contribution in [2.45, 2.75) is 48.8 Å². The maximum Gasteiger partial charge on any atom is 0.229 e. The van der Waals surface area contributed by atoms with Gasteiger partial charge in [0.2, 0.25) is 10.0 Å². The van der Waals surface area contributed by atoms with Crippen molar-refractivity contribution in [3.63, 3.8) is 0 Å².